The van der Waals surface area contributed by atoms with Gasteiger partial charge in [0.05, 0.1) is 17.9 Å². The fourth-order valence-electron chi connectivity index (χ4n) is 2.10. The largest absolute Gasteiger partial charge is 0.343 e. The SMILES string of the molecule is CC[C@H](NC(=O)c1cn[nH]c1-n1cnnn1)c1nc(C)c(C)s1. The number of aromatic amines is 1. The standard InChI is InChI=1S/C13H16N8OS/c1-4-10(13-16-7(2)8(3)23-13)17-12(22)9-5-14-18-11(9)21-6-15-19-20-21/h5-6,10H,4H2,1-3H3,(H,14,18)(H,17,22)/t10-/m0/s1. The molecule has 3 aromatic heterocycles. The van der Waals surface area contributed by atoms with Crippen LogP contribution in [0.25, 0.3) is 5.82 Å². The topological polar surface area (TPSA) is 114 Å². The van der Waals surface area contributed by atoms with Crippen LogP contribution in [0, 0.1) is 13.8 Å². The predicted molar refractivity (Wildman–Crippen MR) is 83.4 cm³/mol. The van der Waals surface area contributed by atoms with Gasteiger partial charge in [0, 0.05) is 4.88 Å². The van der Waals surface area contributed by atoms with Crippen LogP contribution in [0.2, 0.25) is 0 Å². The van der Waals surface area contributed by atoms with Gasteiger partial charge < -0.3 is 5.32 Å². The minimum atomic E-state index is -0.249. The number of rotatable bonds is 5. The molecule has 2 N–H and O–H groups in total. The van der Waals surface area contributed by atoms with Gasteiger partial charge >= 0.3 is 0 Å². The lowest BCUT2D eigenvalue weighted by Gasteiger charge is -2.14. The monoisotopic (exact) mass is 332 g/mol. The fraction of sp³-hybridized carbons (Fsp3) is 0.385. The number of carbonyl (C=O) groups is 1. The molecule has 23 heavy (non-hydrogen) atoms. The van der Waals surface area contributed by atoms with Crippen LogP contribution in [0.15, 0.2) is 12.5 Å². The number of H-pyrrole nitrogens is 1. The van der Waals surface area contributed by atoms with Crippen LogP contribution in [0.5, 0.6) is 0 Å². The second-order valence-corrected chi connectivity index (χ2v) is 6.25. The molecule has 10 heteroatoms. The third-order valence-corrected chi connectivity index (χ3v) is 4.69. The first-order valence-electron chi connectivity index (χ1n) is 7.11. The van der Waals surface area contributed by atoms with E-state index in [0.29, 0.717) is 11.4 Å². The number of carbonyl (C=O) groups excluding carboxylic acids is 1. The summed E-state index contributed by atoms with van der Waals surface area (Å²) in [6, 6.07) is -0.142. The summed E-state index contributed by atoms with van der Waals surface area (Å²) >= 11 is 1.60. The highest BCUT2D eigenvalue weighted by Gasteiger charge is 2.22. The smallest absolute Gasteiger partial charge is 0.257 e. The van der Waals surface area contributed by atoms with Gasteiger partial charge in [0.2, 0.25) is 0 Å². The number of tetrazole rings is 1. The van der Waals surface area contributed by atoms with E-state index in [9.17, 15) is 4.79 Å². The molecule has 120 valence electrons. The molecule has 3 rings (SSSR count). The van der Waals surface area contributed by atoms with Crippen LogP contribution in [0.3, 0.4) is 0 Å². The molecule has 0 bridgehead atoms. The second kappa shape index (κ2) is 6.24. The normalized spacial score (nSPS) is 12.3. The van der Waals surface area contributed by atoms with Gasteiger partial charge in [0.1, 0.15) is 16.9 Å². The van der Waals surface area contributed by atoms with Gasteiger partial charge in [-0.1, -0.05) is 6.92 Å². The lowest BCUT2D eigenvalue weighted by Crippen LogP contribution is -2.28. The van der Waals surface area contributed by atoms with Gasteiger partial charge in [0.15, 0.2) is 5.82 Å². The Morgan fingerprint density at radius 1 is 1.48 bits per heavy atom. The number of hydrogen-bond donors (Lipinski definition) is 2. The van der Waals surface area contributed by atoms with Crippen LogP contribution in [-0.4, -0.2) is 41.3 Å². The van der Waals surface area contributed by atoms with Crippen molar-refractivity contribution in [2.75, 3.05) is 0 Å². The molecule has 0 aliphatic heterocycles. The maximum absolute atomic E-state index is 12.6. The van der Waals surface area contributed by atoms with Crippen molar-refractivity contribution in [3.8, 4) is 5.82 Å². The number of nitrogens with one attached hydrogen (secondary N) is 2. The van der Waals surface area contributed by atoms with Crippen LogP contribution in [0.4, 0.5) is 0 Å². The highest BCUT2D eigenvalue weighted by atomic mass is 32.1. The van der Waals surface area contributed by atoms with E-state index in [4.69, 9.17) is 0 Å². The molecular formula is C13H16N8OS. The first-order valence-corrected chi connectivity index (χ1v) is 7.93. The Labute approximate surface area is 136 Å². The first-order chi connectivity index (χ1) is 11.1. The summed E-state index contributed by atoms with van der Waals surface area (Å²) in [6.07, 6.45) is 3.60. The third kappa shape index (κ3) is 2.97. The van der Waals surface area contributed by atoms with E-state index in [1.54, 1.807) is 11.3 Å². The molecular weight excluding hydrogens is 316 g/mol. The average Bonchev–Trinajstić information content (AvgIpc) is 3.25. The molecule has 0 spiro atoms. The number of amides is 1. The van der Waals surface area contributed by atoms with E-state index in [-0.39, 0.29) is 11.9 Å². The van der Waals surface area contributed by atoms with Crippen molar-refractivity contribution in [1.29, 1.82) is 0 Å². The molecule has 0 unspecified atom stereocenters. The van der Waals surface area contributed by atoms with Crippen molar-refractivity contribution >= 4 is 17.2 Å². The lowest BCUT2D eigenvalue weighted by atomic mass is 10.2. The summed E-state index contributed by atoms with van der Waals surface area (Å²) in [5.74, 6) is 0.176. The number of aryl methyl sites for hydroxylation is 2. The minimum absolute atomic E-state index is 0.142. The zero-order chi connectivity index (χ0) is 16.4. The Morgan fingerprint density at radius 3 is 2.91 bits per heavy atom. The van der Waals surface area contributed by atoms with Crippen LogP contribution < -0.4 is 5.32 Å². The van der Waals surface area contributed by atoms with Crippen LogP contribution in [0.1, 0.15) is 45.3 Å². The van der Waals surface area contributed by atoms with Crippen molar-refractivity contribution in [2.24, 2.45) is 0 Å². The van der Waals surface area contributed by atoms with Crippen LogP contribution >= 0.6 is 11.3 Å². The number of thiazole rings is 1. The van der Waals surface area contributed by atoms with Gasteiger partial charge in [-0.05, 0) is 30.7 Å². The van der Waals surface area contributed by atoms with E-state index in [2.05, 4.69) is 36.0 Å². The molecule has 3 heterocycles. The number of nitrogens with zero attached hydrogens (tertiary/aromatic N) is 6. The van der Waals surface area contributed by atoms with E-state index < -0.39 is 0 Å². The van der Waals surface area contributed by atoms with Crippen LogP contribution in [-0.2, 0) is 0 Å². The predicted octanol–water partition coefficient (Wildman–Crippen LogP) is 1.34. The molecule has 3 aromatic rings. The molecule has 0 aromatic carbocycles. The van der Waals surface area contributed by atoms with Crippen molar-refractivity contribution < 1.29 is 4.79 Å². The summed E-state index contributed by atoms with van der Waals surface area (Å²) in [7, 11) is 0. The third-order valence-electron chi connectivity index (χ3n) is 3.50. The van der Waals surface area contributed by atoms with Gasteiger partial charge in [-0.3, -0.25) is 9.89 Å². The Balaban J connectivity index is 1.82. The van der Waals surface area contributed by atoms with Gasteiger partial charge in [-0.25, -0.2) is 4.98 Å². The van der Waals surface area contributed by atoms with Crippen molar-refractivity contribution in [1.82, 2.24) is 40.7 Å². The number of aromatic nitrogens is 7. The molecule has 9 nitrogen and oxygen atoms in total. The van der Waals surface area contributed by atoms with Crippen molar-refractivity contribution in [3.05, 3.63) is 33.7 Å². The van der Waals surface area contributed by atoms with Crippen molar-refractivity contribution in [3.63, 3.8) is 0 Å². The maximum Gasteiger partial charge on any atom is 0.257 e. The van der Waals surface area contributed by atoms with Crippen molar-refractivity contribution in [2.45, 2.75) is 33.2 Å². The van der Waals surface area contributed by atoms with Gasteiger partial charge in [-0.15, -0.1) is 16.4 Å². The van der Waals surface area contributed by atoms with E-state index in [0.717, 1.165) is 22.0 Å². The molecule has 0 saturated heterocycles. The Bertz CT molecular complexity index is 786. The summed E-state index contributed by atoms with van der Waals surface area (Å²) in [6.45, 7) is 6.00. The summed E-state index contributed by atoms with van der Waals surface area (Å²) in [5, 5.41) is 21.4. The summed E-state index contributed by atoms with van der Waals surface area (Å²) in [4.78, 5) is 18.3. The van der Waals surface area contributed by atoms with Gasteiger partial charge in [-0.2, -0.15) is 9.78 Å². The lowest BCUT2D eigenvalue weighted by molar-refractivity contribution is 0.0935. The fourth-order valence-corrected chi connectivity index (χ4v) is 3.16. The maximum atomic E-state index is 12.6. The summed E-state index contributed by atoms with van der Waals surface area (Å²) < 4.78 is 1.36. The number of hydrogen-bond acceptors (Lipinski definition) is 7. The minimum Gasteiger partial charge on any atom is -0.343 e. The van der Waals surface area contributed by atoms with E-state index >= 15 is 0 Å². The highest BCUT2D eigenvalue weighted by Crippen LogP contribution is 2.25. The van der Waals surface area contributed by atoms with Gasteiger partial charge in [0.25, 0.3) is 5.91 Å². The average molecular weight is 332 g/mol. The van der Waals surface area contributed by atoms with E-state index in [1.165, 1.54) is 17.2 Å². The molecule has 0 radical (unpaired) electrons. The molecule has 1 amide bonds. The van der Waals surface area contributed by atoms with E-state index in [1.807, 2.05) is 20.8 Å². The first kappa shape index (κ1) is 15.3. The summed E-state index contributed by atoms with van der Waals surface area (Å²) in [5.41, 5.74) is 1.37. The highest BCUT2D eigenvalue weighted by molar-refractivity contribution is 7.11. The Kier molecular flexibility index (Phi) is 4.15. The molecule has 1 atom stereocenters. The Hall–Kier alpha value is -2.62. The molecule has 0 saturated carbocycles. The molecule has 0 aliphatic carbocycles. The zero-order valence-electron chi connectivity index (χ0n) is 12.9. The second-order valence-electron chi connectivity index (χ2n) is 5.01. The molecule has 0 aliphatic rings. The zero-order valence-corrected chi connectivity index (χ0v) is 13.8. The molecule has 0 fully saturated rings. The Morgan fingerprint density at radius 2 is 2.30 bits per heavy atom. The quantitative estimate of drug-likeness (QED) is 0.728.